The number of carbonyl (C=O) groups excluding carboxylic acids is 2. The molecule has 0 aliphatic carbocycles. The van der Waals surface area contributed by atoms with Crippen molar-refractivity contribution in [1.82, 2.24) is 4.98 Å². The van der Waals surface area contributed by atoms with Gasteiger partial charge < -0.3 is 9.84 Å². The van der Waals surface area contributed by atoms with Crippen LogP contribution in [0.5, 0.6) is 5.75 Å². The molecule has 4 aromatic rings. The molecule has 1 N–H and O–H groups in total. The van der Waals surface area contributed by atoms with Gasteiger partial charge in [-0.2, -0.15) is 0 Å². The van der Waals surface area contributed by atoms with E-state index in [0.29, 0.717) is 28.1 Å². The number of nitrogens with zero attached hydrogens (tertiary/aromatic N) is 2. The van der Waals surface area contributed by atoms with Gasteiger partial charge in [0.05, 0.1) is 28.4 Å². The van der Waals surface area contributed by atoms with E-state index in [2.05, 4.69) is 4.98 Å². The van der Waals surface area contributed by atoms with Gasteiger partial charge in [-0.05, 0) is 66.6 Å². The predicted octanol–water partition coefficient (Wildman–Crippen LogP) is 5.99. The van der Waals surface area contributed by atoms with Gasteiger partial charge in [-0.25, -0.2) is 13.8 Å². The van der Waals surface area contributed by atoms with E-state index in [9.17, 15) is 23.5 Å². The van der Waals surface area contributed by atoms with Crippen LogP contribution in [0, 0.1) is 11.6 Å². The molecule has 36 heavy (non-hydrogen) atoms. The Morgan fingerprint density at radius 3 is 2.42 bits per heavy atom. The smallest absolute Gasteiger partial charge is 0.301 e. The summed E-state index contributed by atoms with van der Waals surface area (Å²) in [6, 6.07) is 14.9. The second-order valence-electron chi connectivity index (χ2n) is 8.20. The quantitative estimate of drug-likeness (QED) is 0.197. The number of carbonyl (C=O) groups is 2. The molecule has 9 heteroatoms. The van der Waals surface area contributed by atoms with Crippen LogP contribution >= 0.6 is 11.3 Å². The van der Waals surface area contributed by atoms with E-state index in [1.807, 2.05) is 6.92 Å². The van der Waals surface area contributed by atoms with Gasteiger partial charge in [0, 0.05) is 5.56 Å². The number of Topliss-reactive ketones (excluding diaryl/α,β-unsaturated/α-hetero) is 1. The van der Waals surface area contributed by atoms with Crippen LogP contribution in [0.1, 0.15) is 30.5 Å². The molecule has 3 aromatic carbocycles. The summed E-state index contributed by atoms with van der Waals surface area (Å²) in [4.78, 5) is 32.2. The molecule has 1 fully saturated rings. The molecule has 0 saturated carbocycles. The number of amides is 1. The molecule has 0 bridgehead atoms. The molecule has 1 aliphatic heterocycles. The molecule has 0 spiro atoms. The fourth-order valence-corrected chi connectivity index (χ4v) is 5.08. The number of thiazole rings is 1. The minimum absolute atomic E-state index is 0.153. The summed E-state index contributed by atoms with van der Waals surface area (Å²) in [5, 5.41) is 11.3. The summed E-state index contributed by atoms with van der Waals surface area (Å²) < 4.78 is 33.4. The first kappa shape index (κ1) is 23.6. The van der Waals surface area contributed by atoms with E-state index in [0.717, 1.165) is 29.9 Å². The number of hydrogen-bond acceptors (Lipinski definition) is 6. The molecular weight excluding hydrogens is 486 g/mol. The first-order valence-electron chi connectivity index (χ1n) is 11.2. The van der Waals surface area contributed by atoms with E-state index < -0.39 is 35.1 Å². The van der Waals surface area contributed by atoms with Crippen LogP contribution in [0.3, 0.4) is 0 Å². The molecule has 1 aliphatic rings. The number of ketones is 1. The average Bonchev–Trinajstić information content (AvgIpc) is 3.40. The molecule has 6 nitrogen and oxygen atoms in total. The van der Waals surface area contributed by atoms with Crippen molar-refractivity contribution in [1.29, 1.82) is 0 Å². The highest BCUT2D eigenvalue weighted by Gasteiger charge is 2.48. The average molecular weight is 507 g/mol. The fraction of sp³-hybridized carbons (Fsp3) is 0.148. The zero-order valence-corrected chi connectivity index (χ0v) is 19.9. The number of fused-ring (bicyclic) bond motifs is 1. The Labute approximate surface area is 209 Å². The Bertz CT molecular complexity index is 1500. The minimum atomic E-state index is -1.01. The summed E-state index contributed by atoms with van der Waals surface area (Å²) >= 11 is 1.06. The lowest BCUT2D eigenvalue weighted by Gasteiger charge is -2.23. The van der Waals surface area contributed by atoms with Crippen LogP contribution in [-0.4, -0.2) is 28.4 Å². The van der Waals surface area contributed by atoms with Crippen molar-refractivity contribution >= 4 is 44.1 Å². The van der Waals surface area contributed by atoms with Crippen LogP contribution in [0.15, 0.2) is 72.3 Å². The van der Waals surface area contributed by atoms with E-state index in [1.165, 1.54) is 35.2 Å². The highest BCUT2D eigenvalue weighted by molar-refractivity contribution is 7.22. The van der Waals surface area contributed by atoms with Gasteiger partial charge in [0.25, 0.3) is 5.78 Å². The molecule has 2 heterocycles. The number of aromatic nitrogens is 1. The first-order valence-corrected chi connectivity index (χ1v) is 12.0. The number of benzene rings is 3. The topological polar surface area (TPSA) is 79.7 Å². The Morgan fingerprint density at radius 1 is 1.03 bits per heavy atom. The minimum Gasteiger partial charge on any atom is -0.507 e. The van der Waals surface area contributed by atoms with Crippen molar-refractivity contribution in [2.45, 2.75) is 19.4 Å². The Morgan fingerprint density at radius 2 is 1.72 bits per heavy atom. The number of anilines is 1. The van der Waals surface area contributed by atoms with Crippen molar-refractivity contribution < 1.29 is 28.2 Å². The number of halogens is 2. The summed E-state index contributed by atoms with van der Waals surface area (Å²) in [6.07, 6.45) is 0.831. The maximum atomic E-state index is 13.8. The monoisotopic (exact) mass is 506 g/mol. The largest absolute Gasteiger partial charge is 0.507 e. The van der Waals surface area contributed by atoms with Crippen LogP contribution < -0.4 is 9.64 Å². The van der Waals surface area contributed by atoms with Gasteiger partial charge in [0.1, 0.15) is 23.1 Å². The van der Waals surface area contributed by atoms with Gasteiger partial charge >= 0.3 is 5.91 Å². The van der Waals surface area contributed by atoms with Crippen molar-refractivity contribution in [3.05, 3.63) is 95.1 Å². The third-order valence-electron chi connectivity index (χ3n) is 5.78. The fourth-order valence-electron chi connectivity index (χ4n) is 4.06. The SMILES string of the molecule is CCCOc1ccc(C2/C(=C(\O)c3ccc(F)cc3)C(=O)C(=O)N2c2nc3ccc(F)cc3s2)cc1. The number of hydrogen-bond donors (Lipinski definition) is 1. The maximum Gasteiger partial charge on any atom is 0.301 e. The molecule has 1 amide bonds. The molecule has 1 atom stereocenters. The Balaban J connectivity index is 1.67. The Kier molecular flexibility index (Phi) is 6.24. The molecule has 1 unspecified atom stereocenters. The van der Waals surface area contributed by atoms with Crippen LogP contribution in [0.25, 0.3) is 16.0 Å². The van der Waals surface area contributed by atoms with E-state index >= 15 is 0 Å². The number of rotatable bonds is 6. The molecular formula is C27H20F2N2O4S. The molecule has 1 saturated heterocycles. The Hall–Kier alpha value is -4.11. The standard InChI is InChI=1S/C27H20F2N2O4S/c1-2-13-35-19-10-5-15(6-11-19)23-22(24(32)16-3-7-17(28)8-4-16)25(33)26(34)31(23)27-30-20-12-9-18(29)14-21(20)36-27/h3-12,14,23,32H,2,13H2,1H3/b24-22+. The van der Waals surface area contributed by atoms with E-state index in [4.69, 9.17) is 4.74 Å². The highest BCUT2D eigenvalue weighted by atomic mass is 32.1. The summed E-state index contributed by atoms with van der Waals surface area (Å²) in [6.45, 7) is 2.52. The molecule has 5 rings (SSSR count). The van der Waals surface area contributed by atoms with Crippen LogP contribution in [0.4, 0.5) is 13.9 Å². The van der Waals surface area contributed by atoms with Crippen LogP contribution in [0.2, 0.25) is 0 Å². The third-order valence-corrected chi connectivity index (χ3v) is 6.79. The summed E-state index contributed by atoms with van der Waals surface area (Å²) in [5.74, 6) is -2.55. The zero-order valence-electron chi connectivity index (χ0n) is 19.1. The predicted molar refractivity (Wildman–Crippen MR) is 133 cm³/mol. The number of aliphatic hydroxyl groups is 1. The molecule has 1 aromatic heterocycles. The second kappa shape index (κ2) is 9.50. The van der Waals surface area contributed by atoms with Gasteiger partial charge in [0.2, 0.25) is 0 Å². The van der Waals surface area contributed by atoms with Crippen molar-refractivity contribution in [2.24, 2.45) is 0 Å². The van der Waals surface area contributed by atoms with Crippen LogP contribution in [-0.2, 0) is 9.59 Å². The van der Waals surface area contributed by atoms with Crippen molar-refractivity contribution in [3.8, 4) is 5.75 Å². The highest BCUT2D eigenvalue weighted by Crippen LogP contribution is 2.44. The van der Waals surface area contributed by atoms with E-state index in [-0.39, 0.29) is 16.3 Å². The molecule has 0 radical (unpaired) electrons. The maximum absolute atomic E-state index is 13.8. The third kappa shape index (κ3) is 4.22. The van der Waals surface area contributed by atoms with Gasteiger partial charge in [-0.3, -0.25) is 14.5 Å². The van der Waals surface area contributed by atoms with Crippen molar-refractivity contribution in [2.75, 3.05) is 11.5 Å². The zero-order chi connectivity index (χ0) is 25.4. The van der Waals surface area contributed by atoms with E-state index in [1.54, 1.807) is 24.3 Å². The molecule has 182 valence electrons. The normalized spacial score (nSPS) is 17.2. The number of ether oxygens (including phenoxy) is 1. The van der Waals surface area contributed by atoms with Gasteiger partial charge in [-0.15, -0.1) is 0 Å². The lowest BCUT2D eigenvalue weighted by molar-refractivity contribution is -0.132. The van der Waals surface area contributed by atoms with Gasteiger partial charge in [-0.1, -0.05) is 30.4 Å². The lowest BCUT2D eigenvalue weighted by atomic mass is 9.95. The van der Waals surface area contributed by atoms with Crippen molar-refractivity contribution in [3.63, 3.8) is 0 Å². The summed E-state index contributed by atoms with van der Waals surface area (Å²) in [5.41, 5.74) is 1.04. The van der Waals surface area contributed by atoms with Gasteiger partial charge in [0.15, 0.2) is 5.13 Å². The summed E-state index contributed by atoms with van der Waals surface area (Å²) in [7, 11) is 0. The second-order valence-corrected chi connectivity index (χ2v) is 9.21. The lowest BCUT2D eigenvalue weighted by Crippen LogP contribution is -2.29. The number of aliphatic hydroxyl groups excluding tert-OH is 1. The first-order chi connectivity index (χ1) is 17.4.